The van der Waals surface area contributed by atoms with Crippen molar-refractivity contribution < 1.29 is 0 Å². The minimum atomic E-state index is 0.410. The van der Waals surface area contributed by atoms with Crippen LogP contribution in [0.2, 0.25) is 10.2 Å². The number of aromatic nitrogens is 4. The lowest BCUT2D eigenvalue weighted by atomic mass is 10.3. The maximum absolute atomic E-state index is 6.27. The van der Waals surface area contributed by atoms with Crippen molar-refractivity contribution in [3.8, 4) is 10.7 Å². The maximum atomic E-state index is 6.27. The van der Waals surface area contributed by atoms with Crippen LogP contribution in [0.1, 0.15) is 11.4 Å². The topological polar surface area (TPSA) is 43.1 Å². The molecule has 0 radical (unpaired) electrons. The largest absolute Gasteiger partial charge is 0.262 e. The van der Waals surface area contributed by atoms with Gasteiger partial charge in [0, 0.05) is 6.07 Å². The van der Waals surface area contributed by atoms with Crippen LogP contribution in [0.4, 0.5) is 0 Å². The fourth-order valence-corrected chi connectivity index (χ4v) is 3.25. The van der Waals surface area contributed by atoms with Gasteiger partial charge in [-0.2, -0.15) is 0 Å². The zero-order valence-corrected chi connectivity index (χ0v) is 11.9. The van der Waals surface area contributed by atoms with Gasteiger partial charge in [-0.15, -0.1) is 21.5 Å². The first-order valence-electron chi connectivity index (χ1n) is 5.20. The zero-order valence-electron chi connectivity index (χ0n) is 9.61. The number of halogens is 2. The van der Waals surface area contributed by atoms with E-state index in [9.17, 15) is 0 Å². The Bertz CT molecular complexity index is 747. The van der Waals surface area contributed by atoms with Crippen LogP contribution in [-0.2, 0) is 0 Å². The highest BCUT2D eigenvalue weighted by molar-refractivity contribution is 7.14. The third kappa shape index (κ3) is 1.70. The van der Waals surface area contributed by atoms with Crippen molar-refractivity contribution in [2.45, 2.75) is 13.8 Å². The van der Waals surface area contributed by atoms with Gasteiger partial charge in [0.25, 0.3) is 0 Å². The van der Waals surface area contributed by atoms with Gasteiger partial charge >= 0.3 is 0 Å². The molecule has 0 amide bonds. The normalized spacial score (nSPS) is 11.3. The molecule has 0 saturated carbocycles. The van der Waals surface area contributed by atoms with E-state index in [2.05, 4.69) is 15.2 Å². The monoisotopic (exact) mass is 298 g/mol. The summed E-state index contributed by atoms with van der Waals surface area (Å²) in [7, 11) is 0. The van der Waals surface area contributed by atoms with E-state index in [-0.39, 0.29) is 0 Å². The van der Waals surface area contributed by atoms with Gasteiger partial charge in [-0.1, -0.05) is 23.2 Å². The van der Waals surface area contributed by atoms with E-state index >= 15 is 0 Å². The molecule has 0 saturated heterocycles. The Morgan fingerprint density at radius 3 is 2.67 bits per heavy atom. The third-order valence-electron chi connectivity index (χ3n) is 2.63. The van der Waals surface area contributed by atoms with Crippen molar-refractivity contribution in [1.82, 2.24) is 19.6 Å². The second-order valence-corrected chi connectivity index (χ2v) is 5.55. The van der Waals surface area contributed by atoms with E-state index in [1.807, 2.05) is 23.6 Å². The predicted molar refractivity (Wildman–Crippen MR) is 73.6 cm³/mol. The molecule has 0 aliphatic rings. The number of hydrogen-bond donors (Lipinski definition) is 0. The summed E-state index contributed by atoms with van der Waals surface area (Å²) >= 11 is 13.7. The van der Waals surface area contributed by atoms with E-state index in [1.165, 1.54) is 0 Å². The summed E-state index contributed by atoms with van der Waals surface area (Å²) in [5.74, 6) is 1.44. The quantitative estimate of drug-likeness (QED) is 0.642. The fourth-order valence-electron chi connectivity index (χ4n) is 1.78. The van der Waals surface area contributed by atoms with Crippen LogP contribution < -0.4 is 0 Å². The van der Waals surface area contributed by atoms with E-state index in [0.717, 1.165) is 16.3 Å². The summed E-state index contributed by atoms with van der Waals surface area (Å²) < 4.78 is 1.85. The molecule has 0 bridgehead atoms. The third-order valence-corrected chi connectivity index (χ3v) is 4.52. The number of rotatable bonds is 1. The van der Waals surface area contributed by atoms with Crippen LogP contribution in [0.5, 0.6) is 0 Å². The zero-order chi connectivity index (χ0) is 12.9. The first kappa shape index (κ1) is 11.9. The molecule has 92 valence electrons. The molecule has 0 unspecified atom stereocenters. The molecule has 4 nitrogen and oxygen atoms in total. The number of hydrogen-bond acceptors (Lipinski definition) is 4. The van der Waals surface area contributed by atoms with Crippen molar-refractivity contribution in [3.63, 3.8) is 0 Å². The Balaban J connectivity index is 2.34. The van der Waals surface area contributed by atoms with Crippen LogP contribution in [0, 0.1) is 13.8 Å². The molecule has 0 aliphatic heterocycles. The molecule has 0 aromatic carbocycles. The van der Waals surface area contributed by atoms with Crippen molar-refractivity contribution in [3.05, 3.63) is 33.0 Å². The number of nitrogens with zero attached hydrogens (tertiary/aromatic N) is 4. The highest BCUT2D eigenvalue weighted by Gasteiger charge is 2.17. The highest BCUT2D eigenvalue weighted by atomic mass is 35.5. The minimum absolute atomic E-state index is 0.410. The lowest BCUT2D eigenvalue weighted by molar-refractivity contribution is 0.991. The Kier molecular flexibility index (Phi) is 2.77. The average molecular weight is 299 g/mol. The lowest BCUT2D eigenvalue weighted by Crippen LogP contribution is -1.97. The summed E-state index contributed by atoms with van der Waals surface area (Å²) in [5, 5.41) is 11.4. The van der Waals surface area contributed by atoms with Gasteiger partial charge in [0.1, 0.15) is 11.0 Å². The van der Waals surface area contributed by atoms with Crippen molar-refractivity contribution in [2.75, 3.05) is 0 Å². The van der Waals surface area contributed by atoms with Gasteiger partial charge in [-0.05, 0) is 24.8 Å². The van der Waals surface area contributed by atoms with E-state index in [0.29, 0.717) is 21.6 Å². The Hall–Kier alpha value is -1.17. The van der Waals surface area contributed by atoms with Gasteiger partial charge in [0.15, 0.2) is 11.5 Å². The van der Waals surface area contributed by atoms with Gasteiger partial charge in [0.05, 0.1) is 9.90 Å². The number of aryl methyl sites for hydroxylation is 2. The average Bonchev–Trinajstić information content (AvgIpc) is 2.85. The summed E-state index contributed by atoms with van der Waals surface area (Å²) in [6.45, 7) is 3.83. The van der Waals surface area contributed by atoms with Gasteiger partial charge in [-0.3, -0.25) is 4.40 Å². The molecule has 18 heavy (non-hydrogen) atoms. The second-order valence-electron chi connectivity index (χ2n) is 3.91. The first-order valence-corrected chi connectivity index (χ1v) is 6.83. The van der Waals surface area contributed by atoms with Crippen LogP contribution in [0.25, 0.3) is 16.3 Å². The van der Waals surface area contributed by atoms with Gasteiger partial charge < -0.3 is 0 Å². The number of thiophene rings is 1. The molecule has 0 aliphatic carbocycles. The molecule has 0 fully saturated rings. The predicted octanol–water partition coefficient (Wildman–Crippen LogP) is 3.78. The van der Waals surface area contributed by atoms with Crippen LogP contribution in [-0.4, -0.2) is 19.6 Å². The standard InChI is InChI=1S/C11H8Cl2N4S/c1-5-4-18-10(9(5)13)11-16-15-8-3-7(12)14-6(2)17(8)11/h3-4H,1-2H3. The summed E-state index contributed by atoms with van der Waals surface area (Å²) in [5.41, 5.74) is 1.71. The molecule has 7 heteroatoms. The van der Waals surface area contributed by atoms with Crippen LogP contribution >= 0.6 is 34.5 Å². The molecule has 3 heterocycles. The lowest BCUT2D eigenvalue weighted by Gasteiger charge is -2.02. The minimum Gasteiger partial charge on any atom is -0.262 e. The molecule has 0 spiro atoms. The summed E-state index contributed by atoms with van der Waals surface area (Å²) in [4.78, 5) is 5.10. The fraction of sp³-hybridized carbons (Fsp3) is 0.182. The molecule has 3 aromatic heterocycles. The molecular formula is C11H8Cl2N4S. The number of fused-ring (bicyclic) bond motifs is 1. The molecule has 3 aromatic rings. The van der Waals surface area contributed by atoms with Crippen molar-refractivity contribution in [1.29, 1.82) is 0 Å². The van der Waals surface area contributed by atoms with E-state index < -0.39 is 0 Å². The Morgan fingerprint density at radius 1 is 1.22 bits per heavy atom. The van der Waals surface area contributed by atoms with Crippen molar-refractivity contribution >= 4 is 40.2 Å². The van der Waals surface area contributed by atoms with Crippen LogP contribution in [0.15, 0.2) is 11.4 Å². The highest BCUT2D eigenvalue weighted by Crippen LogP contribution is 2.35. The van der Waals surface area contributed by atoms with Crippen molar-refractivity contribution in [2.24, 2.45) is 0 Å². The molecule has 0 N–H and O–H groups in total. The van der Waals surface area contributed by atoms with E-state index in [1.54, 1.807) is 17.4 Å². The Labute approximate surface area is 117 Å². The first-order chi connectivity index (χ1) is 8.58. The summed E-state index contributed by atoms with van der Waals surface area (Å²) in [6.07, 6.45) is 0. The second kappa shape index (κ2) is 4.19. The van der Waals surface area contributed by atoms with Crippen LogP contribution in [0.3, 0.4) is 0 Å². The SMILES string of the molecule is Cc1csc(-c2nnc3cc(Cl)nc(C)n23)c1Cl. The van der Waals surface area contributed by atoms with Gasteiger partial charge in [0.2, 0.25) is 0 Å². The molecule has 0 atom stereocenters. The summed E-state index contributed by atoms with van der Waals surface area (Å²) in [6, 6.07) is 1.68. The maximum Gasteiger partial charge on any atom is 0.181 e. The van der Waals surface area contributed by atoms with E-state index in [4.69, 9.17) is 23.2 Å². The molecule has 3 rings (SSSR count). The molecular weight excluding hydrogens is 291 g/mol. The smallest absolute Gasteiger partial charge is 0.181 e. The van der Waals surface area contributed by atoms with Gasteiger partial charge in [-0.25, -0.2) is 4.98 Å². The Morgan fingerprint density at radius 2 is 2.00 bits per heavy atom.